The van der Waals surface area contributed by atoms with E-state index in [0.717, 1.165) is 44.3 Å². The monoisotopic (exact) mass is 416 g/mol. The standard InChI is InChI=1S/C28H17ClN2/c29-24-7-3-6-22(17-24)25-14-12-19-9-10-20-13-15-26(31-28(20)27(19)30-25)23-11-8-18-4-1-2-5-21(18)16-23/h1-17H. The minimum Gasteiger partial charge on any atom is -0.245 e. The Labute approximate surface area is 184 Å². The van der Waals surface area contributed by atoms with Crippen LogP contribution in [0.1, 0.15) is 0 Å². The fraction of sp³-hybridized carbons (Fsp3) is 0. The zero-order valence-corrected chi connectivity index (χ0v) is 17.3. The summed E-state index contributed by atoms with van der Waals surface area (Å²) in [5.41, 5.74) is 5.74. The first-order valence-electron chi connectivity index (χ1n) is 10.2. The van der Waals surface area contributed by atoms with E-state index in [1.54, 1.807) is 0 Å². The molecular formula is C28H17ClN2. The van der Waals surface area contributed by atoms with Gasteiger partial charge in [-0.05, 0) is 41.1 Å². The van der Waals surface area contributed by atoms with Crippen LogP contribution in [0.3, 0.4) is 0 Å². The maximum atomic E-state index is 6.20. The summed E-state index contributed by atoms with van der Waals surface area (Å²) in [6, 6.07) is 35.2. The van der Waals surface area contributed by atoms with E-state index in [1.165, 1.54) is 10.8 Å². The van der Waals surface area contributed by atoms with Gasteiger partial charge in [-0.1, -0.05) is 84.4 Å². The molecule has 0 saturated carbocycles. The molecule has 0 bridgehead atoms. The van der Waals surface area contributed by atoms with E-state index in [9.17, 15) is 0 Å². The van der Waals surface area contributed by atoms with E-state index in [2.05, 4.69) is 72.8 Å². The number of fused-ring (bicyclic) bond motifs is 4. The van der Waals surface area contributed by atoms with Crippen molar-refractivity contribution < 1.29 is 0 Å². The third-order valence-electron chi connectivity index (χ3n) is 5.69. The Morgan fingerprint density at radius 2 is 1.03 bits per heavy atom. The van der Waals surface area contributed by atoms with Crippen LogP contribution < -0.4 is 0 Å². The largest absolute Gasteiger partial charge is 0.245 e. The first-order valence-corrected chi connectivity index (χ1v) is 10.6. The number of hydrogen-bond donors (Lipinski definition) is 0. The molecular weight excluding hydrogens is 400 g/mol. The van der Waals surface area contributed by atoms with Crippen LogP contribution in [0.5, 0.6) is 0 Å². The first-order chi connectivity index (χ1) is 15.2. The molecule has 6 rings (SSSR count). The lowest BCUT2D eigenvalue weighted by atomic mass is 10.0. The van der Waals surface area contributed by atoms with Gasteiger partial charge < -0.3 is 0 Å². The molecule has 4 aromatic carbocycles. The van der Waals surface area contributed by atoms with E-state index >= 15 is 0 Å². The lowest BCUT2D eigenvalue weighted by Gasteiger charge is -2.09. The topological polar surface area (TPSA) is 25.8 Å². The van der Waals surface area contributed by atoms with Crippen LogP contribution in [0.4, 0.5) is 0 Å². The molecule has 0 spiro atoms. The Morgan fingerprint density at radius 3 is 1.71 bits per heavy atom. The predicted octanol–water partition coefficient (Wildman–Crippen LogP) is 7.92. The average molecular weight is 417 g/mol. The number of aromatic nitrogens is 2. The Kier molecular flexibility index (Phi) is 4.19. The number of halogens is 1. The zero-order chi connectivity index (χ0) is 20.8. The Bertz CT molecular complexity index is 1600. The van der Waals surface area contributed by atoms with Crippen LogP contribution in [0.2, 0.25) is 5.02 Å². The molecule has 0 N–H and O–H groups in total. The highest BCUT2D eigenvalue weighted by atomic mass is 35.5. The fourth-order valence-electron chi connectivity index (χ4n) is 4.09. The van der Waals surface area contributed by atoms with Crippen LogP contribution in [-0.2, 0) is 0 Å². The van der Waals surface area contributed by atoms with Crippen molar-refractivity contribution >= 4 is 44.2 Å². The number of hydrogen-bond acceptors (Lipinski definition) is 2. The van der Waals surface area contributed by atoms with Gasteiger partial charge in [0.1, 0.15) is 0 Å². The van der Waals surface area contributed by atoms with Crippen molar-refractivity contribution in [3.05, 3.63) is 108 Å². The van der Waals surface area contributed by atoms with Gasteiger partial charge in [0, 0.05) is 26.9 Å². The van der Waals surface area contributed by atoms with Gasteiger partial charge in [-0.2, -0.15) is 0 Å². The molecule has 0 unspecified atom stereocenters. The molecule has 2 heterocycles. The average Bonchev–Trinajstić information content (AvgIpc) is 2.83. The van der Waals surface area contributed by atoms with Crippen LogP contribution in [0.15, 0.2) is 103 Å². The molecule has 0 aliphatic rings. The molecule has 0 aliphatic heterocycles. The lowest BCUT2D eigenvalue weighted by Crippen LogP contribution is -1.91. The zero-order valence-electron chi connectivity index (χ0n) is 16.6. The maximum absolute atomic E-state index is 6.20. The highest BCUT2D eigenvalue weighted by molar-refractivity contribution is 6.30. The quantitative estimate of drug-likeness (QED) is 0.268. The molecule has 146 valence electrons. The summed E-state index contributed by atoms with van der Waals surface area (Å²) in [6.45, 7) is 0. The van der Waals surface area contributed by atoms with Crippen LogP contribution >= 0.6 is 11.6 Å². The molecule has 31 heavy (non-hydrogen) atoms. The van der Waals surface area contributed by atoms with Gasteiger partial charge in [0.25, 0.3) is 0 Å². The molecule has 3 heteroatoms. The van der Waals surface area contributed by atoms with Crippen molar-refractivity contribution in [2.45, 2.75) is 0 Å². The third kappa shape index (κ3) is 3.22. The van der Waals surface area contributed by atoms with Crippen molar-refractivity contribution in [3.8, 4) is 22.5 Å². The van der Waals surface area contributed by atoms with E-state index in [4.69, 9.17) is 21.6 Å². The van der Waals surface area contributed by atoms with Crippen LogP contribution in [0.25, 0.3) is 55.1 Å². The van der Waals surface area contributed by atoms with E-state index in [0.29, 0.717) is 5.02 Å². The summed E-state index contributed by atoms with van der Waals surface area (Å²) in [5, 5.41) is 5.29. The van der Waals surface area contributed by atoms with Gasteiger partial charge in [0.15, 0.2) is 0 Å². The number of nitrogens with zero attached hydrogens (tertiary/aromatic N) is 2. The Morgan fingerprint density at radius 1 is 0.452 bits per heavy atom. The minimum absolute atomic E-state index is 0.703. The van der Waals surface area contributed by atoms with Crippen molar-refractivity contribution in [2.75, 3.05) is 0 Å². The molecule has 0 aliphatic carbocycles. The van der Waals surface area contributed by atoms with Gasteiger partial charge in [-0.3, -0.25) is 0 Å². The normalized spacial score (nSPS) is 11.4. The summed E-state index contributed by atoms with van der Waals surface area (Å²) in [5.74, 6) is 0. The second-order valence-corrected chi connectivity index (χ2v) is 8.11. The van der Waals surface area contributed by atoms with E-state index < -0.39 is 0 Å². The van der Waals surface area contributed by atoms with Gasteiger partial charge in [-0.15, -0.1) is 0 Å². The molecule has 0 radical (unpaired) electrons. The Balaban J connectivity index is 1.56. The van der Waals surface area contributed by atoms with Gasteiger partial charge in [0.2, 0.25) is 0 Å². The molecule has 6 aromatic rings. The van der Waals surface area contributed by atoms with Gasteiger partial charge >= 0.3 is 0 Å². The summed E-state index contributed by atoms with van der Waals surface area (Å²) in [6.07, 6.45) is 0. The molecule has 0 amide bonds. The summed E-state index contributed by atoms with van der Waals surface area (Å²) in [7, 11) is 0. The highest BCUT2D eigenvalue weighted by Crippen LogP contribution is 2.30. The lowest BCUT2D eigenvalue weighted by molar-refractivity contribution is 1.37. The summed E-state index contributed by atoms with van der Waals surface area (Å²) >= 11 is 6.20. The number of benzene rings is 4. The first kappa shape index (κ1) is 18.1. The van der Waals surface area contributed by atoms with Crippen molar-refractivity contribution in [3.63, 3.8) is 0 Å². The number of pyridine rings is 2. The highest BCUT2D eigenvalue weighted by Gasteiger charge is 2.09. The van der Waals surface area contributed by atoms with Crippen LogP contribution in [-0.4, -0.2) is 9.97 Å². The van der Waals surface area contributed by atoms with E-state index in [1.807, 2.05) is 30.3 Å². The molecule has 2 nitrogen and oxygen atoms in total. The SMILES string of the molecule is Clc1cccc(-c2ccc3ccc4ccc(-c5ccc6ccccc6c5)nc4c3n2)c1. The van der Waals surface area contributed by atoms with Gasteiger partial charge in [-0.25, -0.2) is 9.97 Å². The van der Waals surface area contributed by atoms with Crippen LogP contribution in [0, 0.1) is 0 Å². The summed E-state index contributed by atoms with van der Waals surface area (Å²) in [4.78, 5) is 10.0. The third-order valence-corrected chi connectivity index (χ3v) is 5.92. The number of rotatable bonds is 2. The van der Waals surface area contributed by atoms with Crippen molar-refractivity contribution in [2.24, 2.45) is 0 Å². The maximum Gasteiger partial charge on any atom is 0.0972 e. The molecule has 0 fully saturated rings. The molecule has 0 atom stereocenters. The van der Waals surface area contributed by atoms with E-state index in [-0.39, 0.29) is 0 Å². The molecule has 0 saturated heterocycles. The van der Waals surface area contributed by atoms with Crippen molar-refractivity contribution in [1.29, 1.82) is 0 Å². The smallest absolute Gasteiger partial charge is 0.0972 e. The Hall–Kier alpha value is -3.75. The minimum atomic E-state index is 0.703. The van der Waals surface area contributed by atoms with Gasteiger partial charge in [0.05, 0.1) is 22.4 Å². The predicted molar refractivity (Wildman–Crippen MR) is 130 cm³/mol. The van der Waals surface area contributed by atoms with Crippen molar-refractivity contribution in [1.82, 2.24) is 9.97 Å². The fourth-order valence-corrected chi connectivity index (χ4v) is 4.28. The second kappa shape index (κ2) is 7.19. The second-order valence-electron chi connectivity index (χ2n) is 7.67. The summed E-state index contributed by atoms with van der Waals surface area (Å²) < 4.78 is 0. The molecule has 2 aromatic heterocycles.